The zero-order valence-electron chi connectivity index (χ0n) is 9.33. The third-order valence-electron chi connectivity index (χ3n) is 2.21. The Morgan fingerprint density at radius 1 is 0.615 bits per heavy atom. The Hall–Kier alpha value is -0.160. The average Bonchev–Trinajstić information content (AvgIpc) is 2.06. The molecule has 0 saturated heterocycles. The van der Waals surface area contributed by atoms with Crippen LogP contribution in [0.15, 0.2) is 0 Å². The summed E-state index contributed by atoms with van der Waals surface area (Å²) < 4.78 is 0. The van der Waals surface area contributed by atoms with Crippen LogP contribution in [0.1, 0.15) is 0 Å². The largest absolute Gasteiger partial charge is 0.319 e. The van der Waals surface area contributed by atoms with Gasteiger partial charge in [0.05, 0.1) is 0 Å². The molecule has 0 rings (SSSR count). The highest BCUT2D eigenvalue weighted by molar-refractivity contribution is 4.86. The van der Waals surface area contributed by atoms with E-state index in [1.165, 1.54) is 0 Å². The second-order valence-corrected chi connectivity index (χ2v) is 3.62. The highest BCUT2D eigenvalue weighted by Gasteiger charge is 2.26. The van der Waals surface area contributed by atoms with Gasteiger partial charge in [0.25, 0.3) is 0 Å². The normalized spacial score (nSPS) is 12.0. The molecule has 0 atom stereocenters. The molecule has 0 aliphatic heterocycles. The first-order valence-corrected chi connectivity index (χ1v) is 4.83. The average molecular weight is 188 g/mol. The van der Waals surface area contributed by atoms with E-state index >= 15 is 0 Å². The molecule has 13 heavy (non-hydrogen) atoms. The number of nitrogens with one attached hydrogen (secondary N) is 4. The van der Waals surface area contributed by atoms with Gasteiger partial charge in [-0.15, -0.1) is 0 Å². The van der Waals surface area contributed by atoms with Gasteiger partial charge in [-0.25, -0.2) is 0 Å². The van der Waals surface area contributed by atoms with Crippen LogP contribution in [0.3, 0.4) is 0 Å². The second-order valence-electron chi connectivity index (χ2n) is 3.62. The molecule has 0 aliphatic rings. The summed E-state index contributed by atoms with van der Waals surface area (Å²) in [6.07, 6.45) is 0. The molecule has 0 unspecified atom stereocenters. The molecule has 0 bridgehead atoms. The summed E-state index contributed by atoms with van der Waals surface area (Å²) in [4.78, 5) is 0. The van der Waals surface area contributed by atoms with Crippen molar-refractivity contribution < 1.29 is 0 Å². The SMILES string of the molecule is CNCC(CNC)(CNC)CNC. The fourth-order valence-electron chi connectivity index (χ4n) is 1.87. The lowest BCUT2D eigenvalue weighted by Gasteiger charge is -2.33. The van der Waals surface area contributed by atoms with Crippen molar-refractivity contribution in [3.63, 3.8) is 0 Å². The van der Waals surface area contributed by atoms with Crippen LogP contribution < -0.4 is 21.3 Å². The highest BCUT2D eigenvalue weighted by atomic mass is 15.0. The van der Waals surface area contributed by atoms with Gasteiger partial charge in [0, 0.05) is 31.6 Å². The predicted molar refractivity (Wildman–Crippen MR) is 58.1 cm³/mol. The number of rotatable bonds is 8. The van der Waals surface area contributed by atoms with Crippen molar-refractivity contribution in [2.75, 3.05) is 54.4 Å². The molecule has 0 aliphatic carbocycles. The molecule has 0 aromatic heterocycles. The van der Waals surface area contributed by atoms with E-state index < -0.39 is 0 Å². The minimum atomic E-state index is 0.257. The summed E-state index contributed by atoms with van der Waals surface area (Å²) in [6, 6.07) is 0. The zero-order valence-corrected chi connectivity index (χ0v) is 9.33. The quantitative estimate of drug-likeness (QED) is 0.388. The van der Waals surface area contributed by atoms with Crippen molar-refractivity contribution in [3.05, 3.63) is 0 Å². The van der Waals surface area contributed by atoms with Gasteiger partial charge in [-0.3, -0.25) is 0 Å². The maximum atomic E-state index is 3.24. The fourth-order valence-corrected chi connectivity index (χ4v) is 1.87. The molecule has 0 fully saturated rings. The fraction of sp³-hybridized carbons (Fsp3) is 1.00. The van der Waals surface area contributed by atoms with Crippen molar-refractivity contribution in [3.8, 4) is 0 Å². The zero-order chi connectivity index (χ0) is 10.2. The van der Waals surface area contributed by atoms with E-state index in [9.17, 15) is 0 Å². The summed E-state index contributed by atoms with van der Waals surface area (Å²) in [5.41, 5.74) is 0.257. The van der Waals surface area contributed by atoms with Crippen LogP contribution in [0.4, 0.5) is 0 Å². The smallest absolute Gasteiger partial charge is 0.0201 e. The molecular weight excluding hydrogens is 164 g/mol. The van der Waals surface area contributed by atoms with E-state index in [4.69, 9.17) is 0 Å². The summed E-state index contributed by atoms with van der Waals surface area (Å²) in [6.45, 7) is 4.04. The van der Waals surface area contributed by atoms with Gasteiger partial charge in [0.1, 0.15) is 0 Å². The van der Waals surface area contributed by atoms with Crippen LogP contribution in [0.5, 0.6) is 0 Å². The molecule has 80 valence electrons. The van der Waals surface area contributed by atoms with E-state index in [-0.39, 0.29) is 5.41 Å². The number of hydrogen-bond acceptors (Lipinski definition) is 4. The van der Waals surface area contributed by atoms with Crippen molar-refractivity contribution >= 4 is 0 Å². The summed E-state index contributed by atoms with van der Waals surface area (Å²) in [7, 11) is 7.98. The Bertz CT molecular complexity index is 86.7. The lowest BCUT2D eigenvalue weighted by atomic mass is 9.87. The van der Waals surface area contributed by atoms with Crippen LogP contribution in [0.25, 0.3) is 0 Å². The van der Waals surface area contributed by atoms with Crippen molar-refractivity contribution in [2.45, 2.75) is 0 Å². The van der Waals surface area contributed by atoms with Crippen LogP contribution in [-0.2, 0) is 0 Å². The first kappa shape index (κ1) is 12.8. The van der Waals surface area contributed by atoms with Crippen molar-refractivity contribution in [1.29, 1.82) is 0 Å². The molecule has 0 saturated carbocycles. The molecule has 0 heterocycles. The third kappa shape index (κ3) is 4.57. The van der Waals surface area contributed by atoms with Gasteiger partial charge in [0.2, 0.25) is 0 Å². The van der Waals surface area contributed by atoms with Gasteiger partial charge < -0.3 is 21.3 Å². The van der Waals surface area contributed by atoms with Crippen molar-refractivity contribution in [2.24, 2.45) is 5.41 Å². The standard InChI is InChI=1S/C9H24N4/c1-10-5-9(6-11-2,7-12-3)8-13-4/h10-13H,5-8H2,1-4H3. The minimum Gasteiger partial charge on any atom is -0.319 e. The Morgan fingerprint density at radius 3 is 1.00 bits per heavy atom. The first-order chi connectivity index (χ1) is 6.24. The molecule has 0 amide bonds. The van der Waals surface area contributed by atoms with Crippen LogP contribution in [0, 0.1) is 5.41 Å². The second kappa shape index (κ2) is 7.26. The third-order valence-corrected chi connectivity index (χ3v) is 2.21. The maximum Gasteiger partial charge on any atom is 0.0201 e. The van der Waals surface area contributed by atoms with Gasteiger partial charge in [-0.2, -0.15) is 0 Å². The molecule has 4 nitrogen and oxygen atoms in total. The monoisotopic (exact) mass is 188 g/mol. The lowest BCUT2D eigenvalue weighted by molar-refractivity contribution is 0.257. The molecule has 0 aromatic rings. The molecule has 0 spiro atoms. The lowest BCUT2D eigenvalue weighted by Crippen LogP contribution is -2.52. The summed E-state index contributed by atoms with van der Waals surface area (Å²) >= 11 is 0. The summed E-state index contributed by atoms with van der Waals surface area (Å²) in [5, 5.41) is 13.0. The number of hydrogen-bond donors (Lipinski definition) is 4. The van der Waals surface area contributed by atoms with Crippen molar-refractivity contribution in [1.82, 2.24) is 21.3 Å². The van der Waals surface area contributed by atoms with Crippen LogP contribution in [-0.4, -0.2) is 54.4 Å². The van der Waals surface area contributed by atoms with Crippen LogP contribution >= 0.6 is 0 Å². The Balaban J connectivity index is 4.19. The van der Waals surface area contributed by atoms with Crippen LogP contribution in [0.2, 0.25) is 0 Å². The molecular formula is C9H24N4. The van der Waals surface area contributed by atoms with E-state index in [2.05, 4.69) is 21.3 Å². The molecule has 4 N–H and O–H groups in total. The van der Waals surface area contributed by atoms with E-state index in [0.29, 0.717) is 0 Å². The topological polar surface area (TPSA) is 48.1 Å². The van der Waals surface area contributed by atoms with E-state index in [0.717, 1.165) is 26.2 Å². The molecule has 0 radical (unpaired) electrons. The van der Waals surface area contributed by atoms with E-state index in [1.807, 2.05) is 28.2 Å². The molecule has 0 aromatic carbocycles. The highest BCUT2D eigenvalue weighted by Crippen LogP contribution is 2.12. The Morgan fingerprint density at radius 2 is 0.846 bits per heavy atom. The molecule has 4 heteroatoms. The van der Waals surface area contributed by atoms with E-state index in [1.54, 1.807) is 0 Å². The predicted octanol–water partition coefficient (Wildman–Crippen LogP) is -1.15. The Labute approximate surface area is 81.9 Å². The minimum absolute atomic E-state index is 0.257. The van der Waals surface area contributed by atoms with Gasteiger partial charge in [0.15, 0.2) is 0 Å². The Kier molecular flexibility index (Phi) is 7.17. The summed E-state index contributed by atoms with van der Waals surface area (Å²) in [5.74, 6) is 0. The maximum absolute atomic E-state index is 3.24. The van der Waals surface area contributed by atoms with Gasteiger partial charge in [-0.05, 0) is 28.2 Å². The van der Waals surface area contributed by atoms with Gasteiger partial charge in [-0.1, -0.05) is 0 Å². The van der Waals surface area contributed by atoms with Gasteiger partial charge >= 0.3 is 0 Å². The first-order valence-electron chi connectivity index (χ1n) is 4.83.